The molecule has 1 aliphatic rings. The monoisotopic (exact) mass is 414 g/mol. The van der Waals surface area contributed by atoms with Crippen LogP contribution < -0.4 is 0 Å². The topological polar surface area (TPSA) is 75.0 Å². The van der Waals surface area contributed by atoms with Gasteiger partial charge in [-0.2, -0.15) is 13.2 Å². The molecule has 9 heteroatoms. The van der Waals surface area contributed by atoms with Crippen LogP contribution in [0.3, 0.4) is 0 Å². The van der Waals surface area contributed by atoms with Crippen molar-refractivity contribution in [3.8, 4) is 0 Å². The third kappa shape index (κ3) is 3.30. The lowest BCUT2D eigenvalue weighted by atomic mass is 9.96. The molecule has 1 fully saturated rings. The van der Waals surface area contributed by atoms with Gasteiger partial charge in [-0.3, -0.25) is 4.79 Å². The van der Waals surface area contributed by atoms with Crippen molar-refractivity contribution in [2.45, 2.75) is 24.9 Å². The summed E-state index contributed by atoms with van der Waals surface area (Å²) in [6.07, 6.45) is -3.14. The van der Waals surface area contributed by atoms with Crippen LogP contribution in [0.25, 0.3) is 22.1 Å². The molecule has 30 heavy (non-hydrogen) atoms. The summed E-state index contributed by atoms with van der Waals surface area (Å²) in [5.41, 5.74) is 2.26. The summed E-state index contributed by atoms with van der Waals surface area (Å²) >= 11 is 0. The Kier molecular flexibility index (Phi) is 4.27. The molecular formula is C21H17F3N4O2. The average Bonchev–Trinajstić information content (AvgIpc) is 3.37. The summed E-state index contributed by atoms with van der Waals surface area (Å²) in [4.78, 5) is 24.9. The van der Waals surface area contributed by atoms with E-state index in [2.05, 4.69) is 15.0 Å². The maximum absolute atomic E-state index is 12.9. The number of H-pyrrole nitrogens is 1. The summed E-state index contributed by atoms with van der Waals surface area (Å²) in [5.74, 6) is -0.468. The van der Waals surface area contributed by atoms with Crippen molar-refractivity contribution in [3.63, 3.8) is 0 Å². The Bertz CT molecular complexity index is 1200. The number of hydrogen-bond donors (Lipinski definition) is 1. The van der Waals surface area contributed by atoms with Crippen LogP contribution in [0, 0.1) is 0 Å². The molecule has 0 radical (unpaired) electrons. The van der Waals surface area contributed by atoms with E-state index < -0.39 is 12.0 Å². The third-order valence-electron chi connectivity index (χ3n) is 5.44. The first-order chi connectivity index (χ1) is 14.4. The number of aromatic nitrogens is 3. The lowest BCUT2D eigenvalue weighted by Gasteiger charge is -2.30. The van der Waals surface area contributed by atoms with E-state index in [0.717, 1.165) is 11.1 Å². The Balaban J connectivity index is 1.30. The number of carbonyl (C=O) groups is 1. The van der Waals surface area contributed by atoms with Gasteiger partial charge in [-0.05, 0) is 43.2 Å². The van der Waals surface area contributed by atoms with Gasteiger partial charge in [-0.25, -0.2) is 9.97 Å². The van der Waals surface area contributed by atoms with Crippen molar-refractivity contribution < 1.29 is 22.4 Å². The molecule has 0 unspecified atom stereocenters. The number of aromatic amines is 1. The number of para-hydroxylation sites is 2. The molecule has 2 aromatic heterocycles. The molecule has 5 rings (SSSR count). The number of oxazole rings is 1. The Morgan fingerprint density at radius 1 is 1.07 bits per heavy atom. The van der Waals surface area contributed by atoms with Crippen LogP contribution in [-0.4, -0.2) is 38.8 Å². The lowest BCUT2D eigenvalue weighted by molar-refractivity contribution is -0.144. The molecule has 1 N–H and O–H groups in total. The Morgan fingerprint density at radius 2 is 1.83 bits per heavy atom. The molecule has 1 aliphatic heterocycles. The summed E-state index contributed by atoms with van der Waals surface area (Å²) in [5, 5.41) is 0. The van der Waals surface area contributed by atoms with E-state index in [1.807, 2.05) is 24.3 Å². The predicted molar refractivity (Wildman–Crippen MR) is 103 cm³/mol. The molecule has 3 heterocycles. The first kappa shape index (κ1) is 18.7. The van der Waals surface area contributed by atoms with E-state index >= 15 is 0 Å². The molecule has 0 atom stereocenters. The van der Waals surface area contributed by atoms with Crippen molar-refractivity contribution >= 4 is 28.0 Å². The fourth-order valence-corrected chi connectivity index (χ4v) is 3.85. The smallest absolute Gasteiger partial charge is 0.440 e. The Labute approximate surface area is 168 Å². The summed E-state index contributed by atoms with van der Waals surface area (Å²) in [7, 11) is 0. The van der Waals surface area contributed by atoms with Crippen molar-refractivity contribution in [2.24, 2.45) is 0 Å². The highest BCUT2D eigenvalue weighted by atomic mass is 19.4. The van der Waals surface area contributed by atoms with Crippen LogP contribution in [0.15, 0.2) is 46.9 Å². The normalized spacial score (nSPS) is 15.9. The molecule has 2 aromatic carbocycles. The van der Waals surface area contributed by atoms with Crippen LogP contribution in [0.2, 0.25) is 0 Å². The van der Waals surface area contributed by atoms with Gasteiger partial charge in [0.25, 0.3) is 5.91 Å². The van der Waals surface area contributed by atoms with E-state index in [1.54, 1.807) is 4.90 Å². The minimum atomic E-state index is -4.56. The number of nitrogens with one attached hydrogen (secondary N) is 1. The number of hydrogen-bond acceptors (Lipinski definition) is 4. The molecular weight excluding hydrogens is 397 g/mol. The second-order valence-corrected chi connectivity index (χ2v) is 7.40. The van der Waals surface area contributed by atoms with Crippen LogP contribution in [0.1, 0.15) is 40.8 Å². The summed E-state index contributed by atoms with van der Waals surface area (Å²) in [6.45, 7) is 1.05. The van der Waals surface area contributed by atoms with E-state index in [0.29, 0.717) is 37.4 Å². The number of piperidine rings is 1. The second-order valence-electron chi connectivity index (χ2n) is 7.40. The molecule has 6 nitrogen and oxygen atoms in total. The van der Waals surface area contributed by atoms with E-state index in [1.165, 1.54) is 18.2 Å². The number of imidazole rings is 1. The number of likely N-dealkylation sites (tertiary alicyclic amines) is 1. The number of alkyl halides is 3. The zero-order chi connectivity index (χ0) is 20.9. The highest BCUT2D eigenvalue weighted by Gasteiger charge is 2.35. The van der Waals surface area contributed by atoms with Crippen molar-refractivity contribution in [1.82, 2.24) is 19.9 Å². The summed E-state index contributed by atoms with van der Waals surface area (Å²) in [6, 6.07) is 11.9. The van der Waals surface area contributed by atoms with Gasteiger partial charge in [0.1, 0.15) is 5.52 Å². The molecule has 0 spiro atoms. The fraction of sp³-hybridized carbons (Fsp3) is 0.286. The number of nitrogens with zero attached hydrogens (tertiary/aromatic N) is 3. The van der Waals surface area contributed by atoms with Gasteiger partial charge >= 0.3 is 6.18 Å². The molecule has 4 aromatic rings. The quantitative estimate of drug-likeness (QED) is 0.514. The van der Waals surface area contributed by atoms with E-state index in [9.17, 15) is 18.0 Å². The van der Waals surface area contributed by atoms with Crippen LogP contribution >= 0.6 is 0 Å². The SMILES string of the molecule is O=C(c1ccc2nc(C(F)(F)F)[nH]c2c1)N1CCC(c2nc3ccccc3o2)CC1. The molecule has 1 saturated heterocycles. The minimum Gasteiger partial charge on any atom is -0.440 e. The second kappa shape index (κ2) is 6.86. The van der Waals surface area contributed by atoms with E-state index in [-0.39, 0.29) is 22.9 Å². The van der Waals surface area contributed by atoms with Gasteiger partial charge in [0, 0.05) is 24.6 Å². The number of fused-ring (bicyclic) bond motifs is 2. The van der Waals surface area contributed by atoms with Crippen LogP contribution in [0.4, 0.5) is 13.2 Å². The van der Waals surface area contributed by atoms with Crippen molar-refractivity contribution in [1.29, 1.82) is 0 Å². The maximum Gasteiger partial charge on any atom is 0.449 e. The van der Waals surface area contributed by atoms with Gasteiger partial charge in [-0.15, -0.1) is 0 Å². The van der Waals surface area contributed by atoms with Crippen LogP contribution in [-0.2, 0) is 6.18 Å². The molecule has 1 amide bonds. The predicted octanol–water partition coefficient (Wildman–Crippen LogP) is 4.74. The first-order valence-electron chi connectivity index (χ1n) is 9.60. The molecule has 154 valence electrons. The van der Waals surface area contributed by atoms with Gasteiger partial charge in [0.05, 0.1) is 11.0 Å². The number of halogens is 3. The average molecular weight is 414 g/mol. The minimum absolute atomic E-state index is 0.130. The van der Waals surface area contributed by atoms with Crippen LogP contribution in [0.5, 0.6) is 0 Å². The molecule has 0 bridgehead atoms. The van der Waals surface area contributed by atoms with Crippen molar-refractivity contribution in [3.05, 3.63) is 59.7 Å². The number of amides is 1. The highest BCUT2D eigenvalue weighted by molar-refractivity contribution is 5.97. The molecule has 0 aliphatic carbocycles. The Morgan fingerprint density at radius 3 is 2.57 bits per heavy atom. The largest absolute Gasteiger partial charge is 0.449 e. The first-order valence-corrected chi connectivity index (χ1v) is 9.60. The molecule has 0 saturated carbocycles. The zero-order valence-electron chi connectivity index (χ0n) is 15.7. The number of benzene rings is 2. The fourth-order valence-electron chi connectivity index (χ4n) is 3.85. The zero-order valence-corrected chi connectivity index (χ0v) is 15.7. The Hall–Kier alpha value is -3.36. The van der Waals surface area contributed by atoms with Crippen molar-refractivity contribution in [2.75, 3.05) is 13.1 Å². The standard InChI is InChI=1S/C21H17F3N4O2/c22-21(23,24)20-26-14-6-5-13(11-16(14)27-20)19(29)28-9-7-12(8-10-28)18-25-15-3-1-2-4-17(15)30-18/h1-6,11-12H,7-10H2,(H,26,27). The van der Waals surface area contributed by atoms with Gasteiger partial charge in [0.2, 0.25) is 5.82 Å². The number of rotatable bonds is 2. The van der Waals surface area contributed by atoms with Gasteiger partial charge in [-0.1, -0.05) is 12.1 Å². The lowest BCUT2D eigenvalue weighted by Crippen LogP contribution is -2.38. The maximum atomic E-state index is 12.9. The summed E-state index contributed by atoms with van der Waals surface area (Å²) < 4.78 is 44.4. The van der Waals surface area contributed by atoms with Gasteiger partial charge in [0.15, 0.2) is 11.5 Å². The number of carbonyl (C=O) groups excluding carboxylic acids is 1. The van der Waals surface area contributed by atoms with E-state index in [4.69, 9.17) is 4.42 Å². The third-order valence-corrected chi connectivity index (χ3v) is 5.44. The highest BCUT2D eigenvalue weighted by Crippen LogP contribution is 2.31. The van der Waals surface area contributed by atoms with Gasteiger partial charge < -0.3 is 14.3 Å².